The van der Waals surface area contributed by atoms with Crippen molar-refractivity contribution in [3.8, 4) is 11.1 Å². The molecule has 3 unspecified atom stereocenters. The highest BCUT2D eigenvalue weighted by molar-refractivity contribution is 7.99. The smallest absolute Gasteiger partial charge is 0.315 e. The van der Waals surface area contributed by atoms with Crippen molar-refractivity contribution in [1.82, 2.24) is 10.6 Å². The molecule has 2 amide bonds. The second kappa shape index (κ2) is 14.3. The summed E-state index contributed by atoms with van der Waals surface area (Å²) >= 11 is 1.80. The molecule has 1 aliphatic heterocycles. The Balaban J connectivity index is 0.919. The summed E-state index contributed by atoms with van der Waals surface area (Å²) in [5, 5.41) is 16.1. The van der Waals surface area contributed by atoms with E-state index in [1.807, 2.05) is 18.2 Å². The van der Waals surface area contributed by atoms with Crippen molar-refractivity contribution in [3.05, 3.63) is 125 Å². The van der Waals surface area contributed by atoms with Crippen LogP contribution in [-0.4, -0.2) is 28.5 Å². The van der Waals surface area contributed by atoms with E-state index in [9.17, 15) is 9.90 Å². The number of ether oxygens (including phenoxy) is 2. The van der Waals surface area contributed by atoms with Crippen LogP contribution in [-0.2, 0) is 22.6 Å². The summed E-state index contributed by atoms with van der Waals surface area (Å²) in [5.41, 5.74) is 6.26. The molecule has 1 heterocycles. The van der Waals surface area contributed by atoms with Crippen LogP contribution in [0.2, 0.25) is 0 Å². The van der Waals surface area contributed by atoms with Gasteiger partial charge in [-0.05, 0) is 102 Å². The zero-order valence-electron chi connectivity index (χ0n) is 27.9. The Morgan fingerprint density at radius 1 is 0.735 bits per heavy atom. The van der Waals surface area contributed by atoms with Crippen LogP contribution >= 0.6 is 11.8 Å². The van der Waals surface area contributed by atoms with Crippen LogP contribution in [0, 0.1) is 17.8 Å². The molecule has 254 valence electrons. The molecule has 4 aromatic rings. The molecular formula is C42H46N2O4S. The van der Waals surface area contributed by atoms with Crippen LogP contribution in [0.1, 0.15) is 79.6 Å². The number of urea groups is 1. The van der Waals surface area contributed by atoms with Gasteiger partial charge in [0.1, 0.15) is 0 Å². The Morgan fingerprint density at radius 3 is 2.12 bits per heavy atom. The maximum absolute atomic E-state index is 13.1. The highest BCUT2D eigenvalue weighted by Gasteiger charge is 2.51. The fraction of sp³-hybridized carbons (Fsp3) is 0.405. The number of aliphatic hydroxyl groups is 1. The first-order valence-corrected chi connectivity index (χ1v) is 18.9. The highest BCUT2D eigenvalue weighted by atomic mass is 32.2. The summed E-state index contributed by atoms with van der Waals surface area (Å²) in [6.07, 6.45) is 7.73. The molecule has 5 aliphatic rings. The summed E-state index contributed by atoms with van der Waals surface area (Å²) in [6.45, 7) is 0.521. The van der Waals surface area contributed by atoms with Crippen LogP contribution in [0.5, 0.6) is 0 Å². The second-order valence-electron chi connectivity index (χ2n) is 14.8. The standard InChI is InChI=1S/C42H46N2O4S/c45-26-28-9-11-34(12-10-28)39-21-37(27-49-38-7-2-1-3-8-38)47-40(48-39)35-15-13-33(14-16-35)36-6-4-5-29(20-36)25-43-41(46)44-42-22-30-17-31(23-42)19-32(18-30)24-42/h1-16,20,30-32,37,39-40,45H,17-19,21-27H2,(H2,43,44,46). The molecule has 1 saturated heterocycles. The second-order valence-corrected chi connectivity index (χ2v) is 15.9. The Morgan fingerprint density at radius 2 is 1.43 bits per heavy atom. The molecule has 3 N–H and O–H groups in total. The third kappa shape index (κ3) is 7.60. The third-order valence-corrected chi connectivity index (χ3v) is 12.3. The number of aliphatic hydroxyl groups excluding tert-OH is 1. The normalized spacial score (nSPS) is 28.7. The Bertz CT molecular complexity index is 1690. The van der Waals surface area contributed by atoms with Crippen molar-refractivity contribution in [2.45, 2.75) is 87.0 Å². The van der Waals surface area contributed by atoms with Gasteiger partial charge in [-0.15, -0.1) is 11.8 Å². The minimum atomic E-state index is -0.491. The molecule has 49 heavy (non-hydrogen) atoms. The maximum atomic E-state index is 13.1. The lowest BCUT2D eigenvalue weighted by Crippen LogP contribution is -2.61. The molecule has 0 spiro atoms. The molecule has 9 rings (SSSR count). The average molecular weight is 675 g/mol. The molecule has 6 nitrogen and oxygen atoms in total. The van der Waals surface area contributed by atoms with Gasteiger partial charge in [-0.3, -0.25) is 0 Å². The van der Waals surface area contributed by atoms with E-state index in [1.165, 1.54) is 24.2 Å². The Labute approximate surface area is 294 Å². The fourth-order valence-electron chi connectivity index (χ4n) is 9.15. The first-order chi connectivity index (χ1) is 24.0. The first kappa shape index (κ1) is 32.6. The number of thioether (sulfide) groups is 1. The quantitative estimate of drug-likeness (QED) is 0.146. The predicted molar refractivity (Wildman–Crippen MR) is 194 cm³/mol. The third-order valence-electron chi connectivity index (χ3n) is 11.1. The highest BCUT2D eigenvalue weighted by Crippen LogP contribution is 2.55. The van der Waals surface area contributed by atoms with E-state index >= 15 is 0 Å². The lowest BCUT2D eigenvalue weighted by molar-refractivity contribution is -0.245. The van der Waals surface area contributed by atoms with Gasteiger partial charge in [0.15, 0.2) is 6.29 Å². The SMILES string of the molecule is O=C(NCc1cccc(-c2ccc(C3OC(CSc4ccccc4)CC(c4ccc(CO)cc4)O3)cc2)c1)NC12CC3CC(CC(C3)C1)C2. The Kier molecular flexibility index (Phi) is 9.52. The number of rotatable bonds is 10. The largest absolute Gasteiger partial charge is 0.392 e. The van der Waals surface area contributed by atoms with E-state index < -0.39 is 6.29 Å². The van der Waals surface area contributed by atoms with E-state index in [2.05, 4.69) is 95.6 Å². The number of hydrogen-bond acceptors (Lipinski definition) is 5. The molecular weight excluding hydrogens is 629 g/mol. The monoisotopic (exact) mass is 674 g/mol. The van der Waals surface area contributed by atoms with E-state index in [4.69, 9.17) is 9.47 Å². The summed E-state index contributed by atoms with van der Waals surface area (Å²) in [7, 11) is 0. The number of carbonyl (C=O) groups is 1. The lowest BCUT2D eigenvalue weighted by Gasteiger charge is -2.56. The number of nitrogens with one attached hydrogen (secondary N) is 2. The zero-order chi connectivity index (χ0) is 33.2. The van der Waals surface area contributed by atoms with Crippen LogP contribution < -0.4 is 10.6 Å². The zero-order valence-corrected chi connectivity index (χ0v) is 28.7. The van der Waals surface area contributed by atoms with Crippen molar-refractivity contribution in [3.63, 3.8) is 0 Å². The number of benzene rings is 4. The minimum Gasteiger partial charge on any atom is -0.392 e. The fourth-order valence-corrected chi connectivity index (χ4v) is 10.1. The van der Waals surface area contributed by atoms with Gasteiger partial charge in [-0.25, -0.2) is 4.79 Å². The maximum Gasteiger partial charge on any atom is 0.315 e. The van der Waals surface area contributed by atoms with Gasteiger partial charge in [-0.2, -0.15) is 0 Å². The van der Waals surface area contributed by atoms with E-state index in [1.54, 1.807) is 11.8 Å². The average Bonchev–Trinajstić information content (AvgIpc) is 3.13. The van der Waals surface area contributed by atoms with Gasteiger partial charge < -0.3 is 25.2 Å². The van der Waals surface area contributed by atoms with Crippen LogP contribution in [0.15, 0.2) is 108 Å². The van der Waals surface area contributed by atoms with Crippen molar-refractivity contribution in [2.75, 3.05) is 5.75 Å². The molecule has 4 saturated carbocycles. The van der Waals surface area contributed by atoms with Crippen molar-refractivity contribution in [2.24, 2.45) is 17.8 Å². The summed E-state index contributed by atoms with van der Waals surface area (Å²) < 4.78 is 13.1. The number of amides is 2. The van der Waals surface area contributed by atoms with E-state index in [-0.39, 0.29) is 30.4 Å². The van der Waals surface area contributed by atoms with E-state index in [0.29, 0.717) is 6.54 Å². The summed E-state index contributed by atoms with van der Waals surface area (Å²) in [4.78, 5) is 14.3. The molecule has 5 fully saturated rings. The summed E-state index contributed by atoms with van der Waals surface area (Å²) in [5.74, 6) is 3.24. The molecule has 7 heteroatoms. The van der Waals surface area contributed by atoms with Gasteiger partial charge in [0.05, 0.1) is 18.8 Å². The number of hydrogen-bond donors (Lipinski definition) is 3. The molecule has 4 aliphatic carbocycles. The molecule has 0 radical (unpaired) electrons. The van der Waals surface area contributed by atoms with Gasteiger partial charge >= 0.3 is 6.03 Å². The molecule has 4 aromatic carbocycles. The van der Waals surface area contributed by atoms with Gasteiger partial charge in [0.2, 0.25) is 0 Å². The molecule has 4 bridgehead atoms. The topological polar surface area (TPSA) is 79.8 Å². The lowest BCUT2D eigenvalue weighted by atomic mass is 9.53. The summed E-state index contributed by atoms with van der Waals surface area (Å²) in [6, 6.07) is 35.3. The van der Waals surface area contributed by atoms with Crippen LogP contribution in [0.4, 0.5) is 4.79 Å². The van der Waals surface area contributed by atoms with Crippen molar-refractivity contribution < 1.29 is 19.4 Å². The van der Waals surface area contributed by atoms with Crippen LogP contribution in [0.25, 0.3) is 11.1 Å². The van der Waals surface area contributed by atoms with Crippen molar-refractivity contribution >= 4 is 17.8 Å². The van der Waals surface area contributed by atoms with Crippen LogP contribution in [0.3, 0.4) is 0 Å². The Hall–Kier alpha value is -3.62. The first-order valence-electron chi connectivity index (χ1n) is 17.9. The molecule has 0 aromatic heterocycles. The molecule has 3 atom stereocenters. The van der Waals surface area contributed by atoms with Crippen molar-refractivity contribution in [1.29, 1.82) is 0 Å². The van der Waals surface area contributed by atoms with Gasteiger partial charge in [0.25, 0.3) is 0 Å². The number of carbonyl (C=O) groups excluding carboxylic acids is 1. The predicted octanol–water partition coefficient (Wildman–Crippen LogP) is 8.95. The minimum absolute atomic E-state index is 0.00970. The van der Waals surface area contributed by atoms with E-state index in [0.717, 1.165) is 82.6 Å². The van der Waals surface area contributed by atoms with Gasteiger partial charge in [-0.1, -0.05) is 84.9 Å². The van der Waals surface area contributed by atoms with Gasteiger partial charge in [0, 0.05) is 34.7 Å².